The summed E-state index contributed by atoms with van der Waals surface area (Å²) in [5.41, 5.74) is 0.794. The van der Waals surface area contributed by atoms with Gasteiger partial charge < -0.3 is 19.9 Å². The summed E-state index contributed by atoms with van der Waals surface area (Å²) in [4.78, 5) is 29.5. The van der Waals surface area contributed by atoms with E-state index in [1.54, 1.807) is 17.0 Å². The lowest BCUT2D eigenvalue weighted by Gasteiger charge is -2.39. The van der Waals surface area contributed by atoms with Crippen molar-refractivity contribution in [1.29, 1.82) is 0 Å². The molecule has 2 aromatic rings. The van der Waals surface area contributed by atoms with E-state index in [1.165, 1.54) is 10.4 Å². The molecule has 1 saturated heterocycles. The third kappa shape index (κ3) is 9.26. The van der Waals surface area contributed by atoms with Crippen molar-refractivity contribution in [1.82, 2.24) is 10.2 Å². The normalized spacial score (nSPS) is 18.6. The number of hydrogen-bond acceptors (Lipinski definition) is 8. The van der Waals surface area contributed by atoms with E-state index in [4.69, 9.17) is 9.47 Å². The van der Waals surface area contributed by atoms with Gasteiger partial charge >= 0.3 is 0 Å². The Hall–Kier alpha value is -2.99. The number of aliphatic hydroxyl groups excluding tert-OH is 1. The summed E-state index contributed by atoms with van der Waals surface area (Å²) in [6.07, 6.45) is 4.29. The molecule has 44 heavy (non-hydrogen) atoms. The first-order chi connectivity index (χ1) is 20.9. The molecule has 1 unspecified atom stereocenters. The van der Waals surface area contributed by atoms with Crippen LogP contribution in [0.5, 0.6) is 5.75 Å². The first kappa shape index (κ1) is 33.9. The van der Waals surface area contributed by atoms with Gasteiger partial charge in [0, 0.05) is 24.2 Å². The highest BCUT2D eigenvalue weighted by Crippen LogP contribution is 2.30. The molecular weight excluding hydrogens is 582 g/mol. The van der Waals surface area contributed by atoms with Crippen LogP contribution in [0.3, 0.4) is 0 Å². The maximum absolute atomic E-state index is 14.0. The Labute approximate surface area is 261 Å². The maximum Gasteiger partial charge on any atom is 0.252 e. The Kier molecular flexibility index (Phi) is 11.4. The van der Waals surface area contributed by atoms with Crippen LogP contribution in [-0.4, -0.2) is 79.7 Å². The lowest BCUT2D eigenvalue weighted by Crippen LogP contribution is -2.54. The van der Waals surface area contributed by atoms with Crippen molar-refractivity contribution < 1.29 is 32.6 Å². The summed E-state index contributed by atoms with van der Waals surface area (Å²) in [5, 5.41) is 14.1. The van der Waals surface area contributed by atoms with Crippen molar-refractivity contribution in [2.45, 2.75) is 96.7 Å². The number of sulfonamides is 1. The van der Waals surface area contributed by atoms with Gasteiger partial charge in [-0.3, -0.25) is 13.9 Å². The standard InChI is InChI=1S/C33H47N3O7S/c1-5-42-28-21-25(20-27(22-28)36-17-12-18-44(36,40)41)31(38)34-29(19-24-13-8-6-9-14-24)30(37)23-35(26-15-10-7-11-16-26)32(39)43-33(2,3)4/h6,8-9,13-14,20-22,26,29,32,39H,5,7,10-12,15-19,23H2,1-4H3,(H,34,38)/t29-,32?/m0/s1. The summed E-state index contributed by atoms with van der Waals surface area (Å²) in [5.74, 6) is -0.361. The Morgan fingerprint density at radius 1 is 1.07 bits per heavy atom. The molecule has 2 aromatic carbocycles. The van der Waals surface area contributed by atoms with Gasteiger partial charge in [-0.05, 0) is 71.1 Å². The van der Waals surface area contributed by atoms with Crippen LogP contribution in [0.15, 0.2) is 48.5 Å². The summed E-state index contributed by atoms with van der Waals surface area (Å²) >= 11 is 0. The predicted octanol–water partition coefficient (Wildman–Crippen LogP) is 4.26. The first-order valence-corrected chi connectivity index (χ1v) is 17.2. The van der Waals surface area contributed by atoms with E-state index in [0.29, 0.717) is 31.0 Å². The first-order valence-electron chi connectivity index (χ1n) is 15.6. The molecular formula is C33H47N3O7S. The number of carbonyl (C=O) groups is 2. The zero-order chi connectivity index (χ0) is 31.9. The average molecular weight is 630 g/mol. The minimum absolute atomic E-state index is 0.0223. The lowest BCUT2D eigenvalue weighted by atomic mass is 9.93. The van der Waals surface area contributed by atoms with Crippen LogP contribution in [0.1, 0.15) is 82.1 Å². The Morgan fingerprint density at radius 3 is 2.39 bits per heavy atom. The number of ether oxygens (including phenoxy) is 2. The zero-order valence-corrected chi connectivity index (χ0v) is 27.1. The summed E-state index contributed by atoms with van der Waals surface area (Å²) in [6.45, 7) is 7.93. The van der Waals surface area contributed by atoms with Crippen LogP contribution in [0.4, 0.5) is 5.69 Å². The molecule has 0 spiro atoms. The molecule has 2 aliphatic rings. The molecule has 2 atom stereocenters. The molecule has 0 aromatic heterocycles. The van der Waals surface area contributed by atoms with Crippen LogP contribution < -0.4 is 14.4 Å². The molecule has 11 heteroatoms. The van der Waals surface area contributed by atoms with Crippen LogP contribution in [-0.2, 0) is 26.0 Å². The van der Waals surface area contributed by atoms with Gasteiger partial charge in [0.15, 0.2) is 5.78 Å². The second-order valence-corrected chi connectivity index (χ2v) is 14.6. The lowest BCUT2D eigenvalue weighted by molar-refractivity contribution is -0.249. The fourth-order valence-corrected chi connectivity index (χ4v) is 7.40. The van der Waals surface area contributed by atoms with Crippen molar-refractivity contribution >= 4 is 27.4 Å². The largest absolute Gasteiger partial charge is 0.494 e. The van der Waals surface area contributed by atoms with Gasteiger partial charge in [-0.2, -0.15) is 0 Å². The third-order valence-corrected chi connectivity index (χ3v) is 9.82. The molecule has 242 valence electrons. The van der Waals surface area contributed by atoms with Crippen molar-refractivity contribution in [3.8, 4) is 5.75 Å². The second kappa shape index (κ2) is 14.9. The Balaban J connectivity index is 1.62. The molecule has 2 fully saturated rings. The smallest absolute Gasteiger partial charge is 0.252 e. The van der Waals surface area contributed by atoms with E-state index >= 15 is 0 Å². The third-order valence-electron chi connectivity index (χ3n) is 7.95. The van der Waals surface area contributed by atoms with Crippen molar-refractivity contribution in [2.24, 2.45) is 0 Å². The fourth-order valence-electron chi connectivity index (χ4n) is 5.85. The van der Waals surface area contributed by atoms with Gasteiger partial charge in [0.05, 0.1) is 36.2 Å². The molecule has 4 rings (SSSR count). The monoisotopic (exact) mass is 629 g/mol. The maximum atomic E-state index is 14.0. The Bertz CT molecular complexity index is 1370. The van der Waals surface area contributed by atoms with E-state index in [-0.39, 0.29) is 36.1 Å². The predicted molar refractivity (Wildman–Crippen MR) is 170 cm³/mol. The van der Waals surface area contributed by atoms with Crippen LogP contribution in [0, 0.1) is 0 Å². The van der Waals surface area contributed by atoms with Crippen molar-refractivity contribution in [3.63, 3.8) is 0 Å². The minimum atomic E-state index is -3.49. The van der Waals surface area contributed by atoms with Gasteiger partial charge in [0.2, 0.25) is 16.4 Å². The van der Waals surface area contributed by atoms with E-state index in [0.717, 1.165) is 37.7 Å². The molecule has 1 heterocycles. The number of carbonyl (C=O) groups excluding carboxylic acids is 2. The quantitative estimate of drug-likeness (QED) is 0.315. The number of benzene rings is 2. The molecule has 0 bridgehead atoms. The highest BCUT2D eigenvalue weighted by molar-refractivity contribution is 7.93. The van der Waals surface area contributed by atoms with E-state index < -0.39 is 34.0 Å². The Morgan fingerprint density at radius 2 is 1.77 bits per heavy atom. The van der Waals surface area contributed by atoms with E-state index in [2.05, 4.69) is 5.32 Å². The average Bonchev–Trinajstić information content (AvgIpc) is 3.34. The van der Waals surface area contributed by atoms with E-state index in [1.807, 2.05) is 58.0 Å². The summed E-state index contributed by atoms with van der Waals surface area (Å²) < 4.78 is 38.2. The fraction of sp³-hybridized carbons (Fsp3) is 0.576. The molecule has 1 aliphatic carbocycles. The minimum Gasteiger partial charge on any atom is -0.494 e. The topological polar surface area (TPSA) is 125 Å². The van der Waals surface area contributed by atoms with Gasteiger partial charge in [0.25, 0.3) is 5.91 Å². The van der Waals surface area contributed by atoms with E-state index in [9.17, 15) is 23.1 Å². The van der Waals surface area contributed by atoms with Gasteiger partial charge in [-0.1, -0.05) is 49.6 Å². The molecule has 1 amide bonds. The second-order valence-electron chi connectivity index (χ2n) is 12.6. The number of nitrogens with one attached hydrogen (secondary N) is 1. The van der Waals surface area contributed by atoms with Gasteiger partial charge in [-0.15, -0.1) is 0 Å². The van der Waals surface area contributed by atoms with Crippen molar-refractivity contribution in [3.05, 3.63) is 59.7 Å². The van der Waals surface area contributed by atoms with Crippen LogP contribution in [0.25, 0.3) is 0 Å². The summed E-state index contributed by atoms with van der Waals surface area (Å²) in [6, 6.07) is 13.2. The van der Waals surface area contributed by atoms with Crippen molar-refractivity contribution in [2.75, 3.05) is 29.8 Å². The number of nitrogens with zero attached hydrogens (tertiary/aromatic N) is 2. The van der Waals surface area contributed by atoms with Gasteiger partial charge in [-0.25, -0.2) is 13.3 Å². The number of rotatable bonds is 13. The number of ketones is 1. The number of anilines is 1. The number of Topliss-reactive ketones (excluding diaryl/α,β-unsaturated/α-hetero) is 1. The molecule has 2 N–H and O–H groups in total. The van der Waals surface area contributed by atoms with Crippen LogP contribution >= 0.6 is 0 Å². The molecule has 10 nitrogen and oxygen atoms in total. The molecule has 1 aliphatic heterocycles. The SMILES string of the molecule is CCOc1cc(C(=O)N[C@@H](Cc2ccccc2)C(=O)CN(C2CCCCC2)C(O)OC(C)(C)C)cc(N2CCCS2(=O)=O)c1. The van der Waals surface area contributed by atoms with Gasteiger partial charge in [0.1, 0.15) is 5.75 Å². The highest BCUT2D eigenvalue weighted by Gasteiger charge is 2.34. The summed E-state index contributed by atoms with van der Waals surface area (Å²) in [7, 11) is -3.49. The molecule has 0 radical (unpaired) electrons. The highest BCUT2D eigenvalue weighted by atomic mass is 32.2. The van der Waals surface area contributed by atoms with Crippen LogP contribution in [0.2, 0.25) is 0 Å². The zero-order valence-electron chi connectivity index (χ0n) is 26.3. The molecule has 1 saturated carbocycles. The number of hydrogen-bond donors (Lipinski definition) is 2. The number of amides is 1. The number of aliphatic hydroxyl groups is 1.